The highest BCUT2D eigenvalue weighted by molar-refractivity contribution is 5.20. The Hall–Kier alpha value is -0.930. The third-order valence-electron chi connectivity index (χ3n) is 5.09. The lowest BCUT2D eigenvalue weighted by atomic mass is 9.80. The van der Waals surface area contributed by atoms with Crippen LogP contribution in [0.2, 0.25) is 0 Å². The van der Waals surface area contributed by atoms with Crippen LogP contribution in [0.15, 0.2) is 24.3 Å². The van der Waals surface area contributed by atoms with Crippen molar-refractivity contribution >= 4 is 0 Å². The van der Waals surface area contributed by atoms with E-state index < -0.39 is 0 Å². The van der Waals surface area contributed by atoms with Crippen LogP contribution >= 0.6 is 0 Å². The Morgan fingerprint density at radius 3 is 2.29 bits per heavy atom. The first kappa shape index (κ1) is 16.4. The molecule has 1 saturated carbocycles. The molecule has 1 N–H and O–H groups in total. The smallest absolute Gasteiger partial charge is 0.123 e. The highest BCUT2D eigenvalue weighted by Gasteiger charge is 2.34. The van der Waals surface area contributed by atoms with Crippen LogP contribution in [0.25, 0.3) is 0 Å². The first-order chi connectivity index (χ1) is 10.1. The quantitative estimate of drug-likeness (QED) is 0.848. The van der Waals surface area contributed by atoms with Gasteiger partial charge in [-0.25, -0.2) is 4.39 Å². The molecule has 1 atom stereocenters. The average Bonchev–Trinajstić information content (AvgIpc) is 2.50. The van der Waals surface area contributed by atoms with Gasteiger partial charge in [0.15, 0.2) is 0 Å². The first-order valence-electron chi connectivity index (χ1n) is 8.24. The fraction of sp³-hybridized carbons (Fsp3) is 0.667. The van der Waals surface area contributed by atoms with Crippen molar-refractivity contribution in [2.75, 3.05) is 20.6 Å². The van der Waals surface area contributed by atoms with Gasteiger partial charge in [0.1, 0.15) is 5.82 Å². The molecule has 0 aromatic heterocycles. The zero-order valence-electron chi connectivity index (χ0n) is 13.7. The van der Waals surface area contributed by atoms with Crippen molar-refractivity contribution in [3.8, 4) is 0 Å². The normalized spacial score (nSPS) is 19.7. The van der Waals surface area contributed by atoms with Crippen molar-refractivity contribution in [3.63, 3.8) is 0 Å². The molecule has 0 saturated heterocycles. The highest BCUT2D eigenvalue weighted by atomic mass is 19.1. The number of nitrogens with zero attached hydrogens (tertiary/aromatic N) is 1. The minimum Gasteiger partial charge on any atom is -0.308 e. The predicted molar refractivity (Wildman–Crippen MR) is 86.9 cm³/mol. The monoisotopic (exact) mass is 292 g/mol. The third kappa shape index (κ3) is 4.04. The molecule has 2 nitrogen and oxygen atoms in total. The van der Waals surface area contributed by atoms with Gasteiger partial charge in [0.25, 0.3) is 0 Å². The van der Waals surface area contributed by atoms with Crippen molar-refractivity contribution in [1.82, 2.24) is 10.2 Å². The van der Waals surface area contributed by atoms with E-state index in [2.05, 4.69) is 31.2 Å². The summed E-state index contributed by atoms with van der Waals surface area (Å²) in [6.07, 6.45) is 7.58. The second-order valence-corrected chi connectivity index (χ2v) is 6.57. The molecule has 0 spiro atoms. The molecular weight excluding hydrogens is 263 g/mol. The standard InChI is InChI=1S/C18H29FN2/c1-4-17(15-8-10-16(19)11-9-15)20-14-18(21(2)3)12-6-5-7-13-18/h8-11,17,20H,4-7,12-14H2,1-3H3. The summed E-state index contributed by atoms with van der Waals surface area (Å²) in [5.41, 5.74) is 1.47. The molecule has 1 aliphatic carbocycles. The van der Waals surface area contributed by atoms with Crippen LogP contribution in [0.3, 0.4) is 0 Å². The fourth-order valence-corrected chi connectivity index (χ4v) is 3.50. The van der Waals surface area contributed by atoms with Gasteiger partial charge in [-0.3, -0.25) is 0 Å². The molecule has 118 valence electrons. The number of halogens is 1. The van der Waals surface area contributed by atoms with Crippen molar-refractivity contribution in [2.45, 2.75) is 57.0 Å². The Morgan fingerprint density at radius 1 is 1.14 bits per heavy atom. The zero-order valence-corrected chi connectivity index (χ0v) is 13.7. The van der Waals surface area contributed by atoms with Gasteiger partial charge in [0.05, 0.1) is 0 Å². The molecule has 0 heterocycles. The van der Waals surface area contributed by atoms with Gasteiger partial charge in [0.2, 0.25) is 0 Å². The summed E-state index contributed by atoms with van der Waals surface area (Å²) < 4.78 is 13.1. The van der Waals surface area contributed by atoms with Crippen LogP contribution in [0, 0.1) is 5.82 Å². The lowest BCUT2D eigenvalue weighted by Gasteiger charge is -2.44. The second-order valence-electron chi connectivity index (χ2n) is 6.57. The predicted octanol–water partition coefficient (Wildman–Crippen LogP) is 4.13. The molecule has 1 aliphatic rings. The van der Waals surface area contributed by atoms with E-state index in [1.54, 1.807) is 12.1 Å². The van der Waals surface area contributed by atoms with Gasteiger partial charge in [-0.05, 0) is 51.1 Å². The molecule has 1 aromatic rings. The summed E-state index contributed by atoms with van der Waals surface area (Å²) in [6, 6.07) is 7.23. The van der Waals surface area contributed by atoms with Gasteiger partial charge in [-0.2, -0.15) is 0 Å². The minimum absolute atomic E-state index is 0.161. The lowest BCUT2D eigenvalue weighted by molar-refractivity contribution is 0.0949. The molecule has 3 heteroatoms. The Morgan fingerprint density at radius 2 is 1.76 bits per heavy atom. The zero-order chi connectivity index (χ0) is 15.3. The van der Waals surface area contributed by atoms with Gasteiger partial charge in [-0.1, -0.05) is 38.3 Å². The molecule has 1 fully saturated rings. The topological polar surface area (TPSA) is 15.3 Å². The summed E-state index contributed by atoms with van der Waals surface area (Å²) in [6.45, 7) is 3.19. The van der Waals surface area contributed by atoms with Crippen LogP contribution < -0.4 is 5.32 Å². The minimum atomic E-state index is -0.161. The van der Waals surface area contributed by atoms with E-state index in [0.717, 1.165) is 13.0 Å². The van der Waals surface area contributed by atoms with Gasteiger partial charge in [0, 0.05) is 18.1 Å². The Bertz CT molecular complexity index is 421. The molecule has 0 radical (unpaired) electrons. The SMILES string of the molecule is CCC(NCC1(N(C)C)CCCCC1)c1ccc(F)cc1. The number of hydrogen-bond acceptors (Lipinski definition) is 2. The van der Waals surface area contributed by atoms with Crippen molar-refractivity contribution in [3.05, 3.63) is 35.6 Å². The molecule has 0 amide bonds. The second kappa shape index (κ2) is 7.37. The van der Waals surface area contributed by atoms with Crippen molar-refractivity contribution < 1.29 is 4.39 Å². The number of hydrogen-bond donors (Lipinski definition) is 1. The summed E-state index contributed by atoms with van der Waals surface area (Å²) in [5.74, 6) is -0.161. The maximum atomic E-state index is 13.1. The van der Waals surface area contributed by atoms with Gasteiger partial charge in [-0.15, -0.1) is 0 Å². The van der Waals surface area contributed by atoms with E-state index >= 15 is 0 Å². The van der Waals surface area contributed by atoms with Gasteiger partial charge < -0.3 is 10.2 Å². The van der Waals surface area contributed by atoms with E-state index in [0.29, 0.717) is 6.04 Å². The van der Waals surface area contributed by atoms with Crippen molar-refractivity contribution in [2.24, 2.45) is 0 Å². The molecule has 0 aliphatic heterocycles. The van der Waals surface area contributed by atoms with Crippen molar-refractivity contribution in [1.29, 1.82) is 0 Å². The number of likely N-dealkylation sites (N-methyl/N-ethyl adjacent to an activating group) is 1. The molecule has 2 rings (SSSR count). The maximum Gasteiger partial charge on any atom is 0.123 e. The Labute approximate surface area is 128 Å². The van der Waals surface area contributed by atoms with Crippen LogP contribution in [0.1, 0.15) is 57.1 Å². The van der Waals surface area contributed by atoms with E-state index in [1.807, 2.05) is 12.1 Å². The van der Waals surface area contributed by atoms with Crippen LogP contribution in [-0.2, 0) is 0 Å². The molecule has 21 heavy (non-hydrogen) atoms. The number of rotatable bonds is 6. The molecule has 0 bridgehead atoms. The maximum absolute atomic E-state index is 13.1. The van der Waals surface area contributed by atoms with Crippen LogP contribution in [-0.4, -0.2) is 31.1 Å². The lowest BCUT2D eigenvalue weighted by Crippen LogP contribution is -2.53. The summed E-state index contributed by atoms with van der Waals surface area (Å²) in [7, 11) is 4.40. The summed E-state index contributed by atoms with van der Waals surface area (Å²) >= 11 is 0. The van der Waals surface area contributed by atoms with Crippen LogP contribution in [0.5, 0.6) is 0 Å². The Kier molecular flexibility index (Phi) is 5.77. The first-order valence-corrected chi connectivity index (χ1v) is 8.24. The van der Waals surface area contributed by atoms with E-state index in [4.69, 9.17) is 0 Å². The molecular formula is C18H29FN2. The summed E-state index contributed by atoms with van der Waals surface area (Å²) in [4.78, 5) is 2.40. The fourth-order valence-electron chi connectivity index (χ4n) is 3.50. The van der Waals surface area contributed by atoms with E-state index in [9.17, 15) is 4.39 Å². The number of nitrogens with one attached hydrogen (secondary N) is 1. The van der Waals surface area contributed by atoms with Crippen LogP contribution in [0.4, 0.5) is 4.39 Å². The highest BCUT2D eigenvalue weighted by Crippen LogP contribution is 2.32. The van der Waals surface area contributed by atoms with E-state index in [-0.39, 0.29) is 11.4 Å². The van der Waals surface area contributed by atoms with Gasteiger partial charge >= 0.3 is 0 Å². The van der Waals surface area contributed by atoms with E-state index in [1.165, 1.54) is 37.7 Å². The number of benzene rings is 1. The molecule has 1 unspecified atom stereocenters. The average molecular weight is 292 g/mol. The molecule has 1 aromatic carbocycles. The Balaban J connectivity index is 2.02. The third-order valence-corrected chi connectivity index (χ3v) is 5.09. The largest absolute Gasteiger partial charge is 0.308 e. The summed E-state index contributed by atoms with van der Waals surface area (Å²) in [5, 5.41) is 3.73.